The second-order valence-electron chi connectivity index (χ2n) is 4.11. The molecular weight excluding hydrogens is 297 g/mol. The molecule has 0 heterocycles. The van der Waals surface area contributed by atoms with Gasteiger partial charge in [-0.1, -0.05) is 22.0 Å². The minimum Gasteiger partial charge on any atom is -0.487 e. The Bertz CT molecular complexity index is 551. The van der Waals surface area contributed by atoms with Gasteiger partial charge in [0.25, 0.3) is 0 Å². The number of hydrogen-bond acceptors (Lipinski definition) is 2. The number of rotatable bonds is 3. The van der Waals surface area contributed by atoms with Crippen molar-refractivity contribution in [2.24, 2.45) is 0 Å². The monoisotopic (exact) mass is 309 g/mol. The Balaban J connectivity index is 2.11. The normalized spacial score (nSPS) is 10.4. The Kier molecular flexibility index (Phi) is 3.87. The number of aryl methyl sites for hydroxylation is 1. The van der Waals surface area contributed by atoms with E-state index in [-0.39, 0.29) is 12.4 Å². The predicted molar refractivity (Wildman–Crippen MR) is 74.0 cm³/mol. The third-order valence-corrected chi connectivity index (χ3v) is 2.94. The van der Waals surface area contributed by atoms with E-state index in [4.69, 9.17) is 10.5 Å². The molecule has 0 aromatic heterocycles. The molecule has 0 aliphatic heterocycles. The van der Waals surface area contributed by atoms with Crippen LogP contribution in [0.25, 0.3) is 0 Å². The van der Waals surface area contributed by atoms with E-state index >= 15 is 0 Å². The second-order valence-corrected chi connectivity index (χ2v) is 5.02. The molecule has 0 spiro atoms. The van der Waals surface area contributed by atoms with Crippen molar-refractivity contribution in [3.63, 3.8) is 0 Å². The molecule has 0 unspecified atom stereocenters. The highest BCUT2D eigenvalue weighted by Gasteiger charge is 2.03. The highest BCUT2D eigenvalue weighted by molar-refractivity contribution is 9.10. The molecule has 0 saturated carbocycles. The van der Waals surface area contributed by atoms with Crippen LogP contribution in [-0.2, 0) is 6.61 Å². The SMILES string of the molecule is Cc1ccc(OCc2cc(F)cc(Br)c2)c(N)c1. The van der Waals surface area contributed by atoms with Gasteiger partial charge in [0.1, 0.15) is 18.2 Å². The summed E-state index contributed by atoms with van der Waals surface area (Å²) in [5, 5.41) is 0. The van der Waals surface area contributed by atoms with E-state index in [0.717, 1.165) is 11.1 Å². The van der Waals surface area contributed by atoms with Crippen molar-refractivity contribution in [3.8, 4) is 5.75 Å². The summed E-state index contributed by atoms with van der Waals surface area (Å²) >= 11 is 3.24. The number of nitrogens with two attached hydrogens (primary N) is 1. The van der Waals surface area contributed by atoms with Crippen molar-refractivity contribution >= 4 is 21.6 Å². The number of benzene rings is 2. The van der Waals surface area contributed by atoms with E-state index in [0.29, 0.717) is 15.9 Å². The summed E-state index contributed by atoms with van der Waals surface area (Å²) in [4.78, 5) is 0. The summed E-state index contributed by atoms with van der Waals surface area (Å²) in [5.74, 6) is 0.320. The van der Waals surface area contributed by atoms with E-state index in [1.165, 1.54) is 12.1 Å². The first kappa shape index (κ1) is 12.9. The van der Waals surface area contributed by atoms with Crippen molar-refractivity contribution in [1.82, 2.24) is 0 Å². The predicted octanol–water partition coefficient (Wildman–Crippen LogP) is 4.06. The molecule has 0 amide bonds. The van der Waals surface area contributed by atoms with E-state index in [1.807, 2.05) is 31.2 Å². The molecule has 0 saturated heterocycles. The zero-order valence-corrected chi connectivity index (χ0v) is 11.5. The Morgan fingerprint density at radius 3 is 2.67 bits per heavy atom. The first-order valence-electron chi connectivity index (χ1n) is 5.48. The summed E-state index contributed by atoms with van der Waals surface area (Å²) in [6.45, 7) is 2.24. The van der Waals surface area contributed by atoms with Crippen LogP contribution in [-0.4, -0.2) is 0 Å². The van der Waals surface area contributed by atoms with Gasteiger partial charge in [-0.25, -0.2) is 4.39 Å². The van der Waals surface area contributed by atoms with E-state index in [1.54, 1.807) is 0 Å². The van der Waals surface area contributed by atoms with Gasteiger partial charge in [-0.05, 0) is 48.4 Å². The summed E-state index contributed by atoms with van der Waals surface area (Å²) < 4.78 is 19.4. The topological polar surface area (TPSA) is 35.2 Å². The van der Waals surface area contributed by atoms with Gasteiger partial charge in [-0.15, -0.1) is 0 Å². The zero-order chi connectivity index (χ0) is 13.1. The lowest BCUT2D eigenvalue weighted by atomic mass is 10.2. The minimum atomic E-state index is -0.292. The van der Waals surface area contributed by atoms with Gasteiger partial charge < -0.3 is 10.5 Å². The summed E-state index contributed by atoms with van der Waals surface area (Å²) in [7, 11) is 0. The van der Waals surface area contributed by atoms with Crippen molar-refractivity contribution in [2.45, 2.75) is 13.5 Å². The van der Waals surface area contributed by atoms with Crippen LogP contribution in [0.5, 0.6) is 5.75 Å². The number of hydrogen-bond donors (Lipinski definition) is 1. The van der Waals surface area contributed by atoms with Crippen LogP contribution in [0.2, 0.25) is 0 Å². The molecule has 18 heavy (non-hydrogen) atoms. The number of nitrogen functional groups attached to an aromatic ring is 1. The lowest BCUT2D eigenvalue weighted by molar-refractivity contribution is 0.307. The molecule has 0 radical (unpaired) electrons. The molecule has 2 aromatic rings. The maximum atomic E-state index is 13.2. The van der Waals surface area contributed by atoms with Crippen molar-refractivity contribution in [3.05, 3.63) is 57.8 Å². The molecule has 2 N–H and O–H groups in total. The molecule has 0 fully saturated rings. The van der Waals surface area contributed by atoms with E-state index in [9.17, 15) is 4.39 Å². The van der Waals surface area contributed by atoms with E-state index in [2.05, 4.69) is 15.9 Å². The molecule has 0 atom stereocenters. The highest BCUT2D eigenvalue weighted by atomic mass is 79.9. The molecule has 2 aromatic carbocycles. The Labute approximate surface area is 114 Å². The fourth-order valence-electron chi connectivity index (χ4n) is 1.65. The smallest absolute Gasteiger partial charge is 0.142 e. The first-order valence-corrected chi connectivity index (χ1v) is 6.28. The lowest BCUT2D eigenvalue weighted by Crippen LogP contribution is -1.99. The third-order valence-electron chi connectivity index (χ3n) is 2.48. The quantitative estimate of drug-likeness (QED) is 0.868. The van der Waals surface area contributed by atoms with Gasteiger partial charge in [0.2, 0.25) is 0 Å². The largest absolute Gasteiger partial charge is 0.487 e. The lowest BCUT2D eigenvalue weighted by Gasteiger charge is -2.10. The van der Waals surface area contributed by atoms with Crippen LogP contribution in [0, 0.1) is 12.7 Å². The Morgan fingerprint density at radius 2 is 2.00 bits per heavy atom. The van der Waals surface area contributed by atoms with Crippen LogP contribution in [0.3, 0.4) is 0 Å². The second kappa shape index (κ2) is 5.40. The van der Waals surface area contributed by atoms with Gasteiger partial charge in [0, 0.05) is 4.47 Å². The van der Waals surface area contributed by atoms with Gasteiger partial charge in [0.05, 0.1) is 5.69 Å². The number of anilines is 1. The van der Waals surface area contributed by atoms with Crippen LogP contribution in [0.1, 0.15) is 11.1 Å². The zero-order valence-electron chi connectivity index (χ0n) is 9.91. The summed E-state index contributed by atoms with van der Waals surface area (Å²) in [5.41, 5.74) is 8.25. The Hall–Kier alpha value is -1.55. The van der Waals surface area contributed by atoms with Gasteiger partial charge in [-0.2, -0.15) is 0 Å². The van der Waals surface area contributed by atoms with Gasteiger partial charge in [0.15, 0.2) is 0 Å². The maximum absolute atomic E-state index is 13.2. The fraction of sp³-hybridized carbons (Fsp3) is 0.143. The van der Waals surface area contributed by atoms with E-state index < -0.39 is 0 Å². The fourth-order valence-corrected chi connectivity index (χ4v) is 2.17. The van der Waals surface area contributed by atoms with Crippen molar-refractivity contribution < 1.29 is 9.13 Å². The standard InChI is InChI=1S/C14H13BrFNO/c1-9-2-3-14(13(17)4-9)18-8-10-5-11(15)7-12(16)6-10/h2-7H,8,17H2,1H3. The summed E-state index contributed by atoms with van der Waals surface area (Å²) in [6, 6.07) is 10.2. The molecule has 2 rings (SSSR count). The van der Waals surface area contributed by atoms with Crippen molar-refractivity contribution in [1.29, 1.82) is 0 Å². The van der Waals surface area contributed by atoms with Crippen LogP contribution in [0.4, 0.5) is 10.1 Å². The molecule has 2 nitrogen and oxygen atoms in total. The molecule has 0 bridgehead atoms. The number of ether oxygens (including phenoxy) is 1. The number of halogens is 2. The summed E-state index contributed by atoms with van der Waals surface area (Å²) in [6.07, 6.45) is 0. The molecule has 94 valence electrons. The minimum absolute atomic E-state index is 0.281. The van der Waals surface area contributed by atoms with Crippen LogP contribution < -0.4 is 10.5 Å². The van der Waals surface area contributed by atoms with Crippen molar-refractivity contribution in [2.75, 3.05) is 5.73 Å². The molecule has 4 heteroatoms. The Morgan fingerprint density at radius 1 is 1.22 bits per heavy atom. The first-order chi connectivity index (χ1) is 8.54. The van der Waals surface area contributed by atoms with Crippen LogP contribution in [0.15, 0.2) is 40.9 Å². The third kappa shape index (κ3) is 3.23. The molecule has 0 aliphatic carbocycles. The van der Waals surface area contributed by atoms with Gasteiger partial charge in [-0.3, -0.25) is 0 Å². The maximum Gasteiger partial charge on any atom is 0.142 e. The highest BCUT2D eigenvalue weighted by Crippen LogP contribution is 2.24. The molecule has 0 aliphatic rings. The van der Waals surface area contributed by atoms with Gasteiger partial charge >= 0.3 is 0 Å². The average Bonchev–Trinajstić information content (AvgIpc) is 2.26. The average molecular weight is 310 g/mol. The van der Waals surface area contributed by atoms with Crippen LogP contribution >= 0.6 is 15.9 Å². The molecular formula is C14H13BrFNO.